The Morgan fingerprint density at radius 2 is 0.821 bits per heavy atom. The predicted molar refractivity (Wildman–Crippen MR) is 404 cm³/mol. The van der Waals surface area contributed by atoms with Gasteiger partial charge in [-0.1, -0.05) is 233 Å². The molecule has 0 aliphatic carbocycles. The van der Waals surface area contributed by atoms with E-state index >= 15 is 0 Å². The number of aldehydes is 1. The smallest absolute Gasteiger partial charge is 0.756 e. The van der Waals surface area contributed by atoms with Gasteiger partial charge in [0.05, 0.1) is 37.6 Å². The number of ether oxygens (including phenoxy) is 7. The maximum absolute atomic E-state index is 12.9. The molecule has 0 fully saturated rings. The van der Waals surface area contributed by atoms with Gasteiger partial charge in [0.15, 0.2) is 35.7 Å². The number of carboxylic acids is 2. The van der Waals surface area contributed by atoms with E-state index in [1.165, 1.54) is 117 Å². The van der Waals surface area contributed by atoms with Crippen LogP contribution in [0.4, 0.5) is 0 Å². The first-order valence-electron chi connectivity index (χ1n) is 39.6. The van der Waals surface area contributed by atoms with Gasteiger partial charge in [0.25, 0.3) is 15.6 Å². The van der Waals surface area contributed by atoms with E-state index in [1.54, 1.807) is 0 Å². The Balaban J connectivity index is 0.00000282. The summed E-state index contributed by atoms with van der Waals surface area (Å²) in [5.41, 5.74) is -1.80. The molecule has 0 radical (unpaired) electrons. The molecule has 29 nitrogen and oxygen atoms in total. The van der Waals surface area contributed by atoms with Crippen LogP contribution in [0.25, 0.3) is 0 Å². The molecule has 0 saturated heterocycles. The summed E-state index contributed by atoms with van der Waals surface area (Å²) in [7, 11) is -10.4. The SMILES string of the molecule is CCCCCCCCCCCC(=O)OCC(COP(=O)([O-])OCC(O)COP(=O)([O-])OCC(COC(=O)CCCCCCCCCCC)OC(=O)CCCCCCCCCCC)OC(=O)CCCCCCCCCCC.Cc1cc(O)c(C=O)c2c1C(=O)Oc1c(COC(=O)C=CC(=O)O)c(O)c(C(=O)O)c(C)c1O2.[Na+].[Na+]. The van der Waals surface area contributed by atoms with Crippen molar-refractivity contribution in [3.63, 3.8) is 0 Å². The molecule has 33 heteroatoms. The number of rotatable bonds is 64. The van der Waals surface area contributed by atoms with E-state index in [9.17, 15) is 82.5 Å². The monoisotopic (exact) mass is 1640 g/mol. The van der Waals surface area contributed by atoms with Crippen molar-refractivity contribution in [2.75, 3.05) is 39.6 Å². The number of carbonyl (C=O) groups is 9. The number of hydrogen-bond donors (Lipinski definition) is 5. The fourth-order valence-corrected chi connectivity index (χ4v) is 13.3. The Morgan fingerprint density at radius 3 is 1.17 bits per heavy atom. The van der Waals surface area contributed by atoms with Crippen LogP contribution in [0.5, 0.6) is 28.7 Å². The summed E-state index contributed by atoms with van der Waals surface area (Å²) in [5, 5.41) is 49.3. The second kappa shape index (κ2) is 64.3. The normalized spacial score (nSPS) is 13.4. The van der Waals surface area contributed by atoms with Crippen LogP contribution in [0.1, 0.15) is 332 Å². The number of aromatic carboxylic acids is 1. The number of carboxylic acid groups (broad SMARTS) is 2. The molecule has 112 heavy (non-hydrogen) atoms. The van der Waals surface area contributed by atoms with Crippen LogP contribution in [-0.2, 0) is 86.3 Å². The number of unbranched alkanes of at least 4 members (excludes halogenated alkanes) is 32. The molecule has 626 valence electrons. The van der Waals surface area contributed by atoms with Crippen molar-refractivity contribution in [1.82, 2.24) is 0 Å². The molecular formula is C79H124Na2O29P2. The van der Waals surface area contributed by atoms with E-state index < -0.39 is 168 Å². The summed E-state index contributed by atoms with van der Waals surface area (Å²) >= 11 is 0. The van der Waals surface area contributed by atoms with Crippen molar-refractivity contribution in [3.8, 4) is 28.7 Å². The zero-order chi connectivity index (χ0) is 81.5. The molecule has 0 amide bonds. The van der Waals surface area contributed by atoms with Crippen LogP contribution >= 0.6 is 15.6 Å². The molecule has 4 atom stereocenters. The molecule has 2 aromatic carbocycles. The molecule has 3 rings (SSSR count). The van der Waals surface area contributed by atoms with Gasteiger partial charge in [-0.2, -0.15) is 0 Å². The molecule has 0 spiro atoms. The van der Waals surface area contributed by atoms with Crippen LogP contribution in [-0.4, -0.2) is 138 Å². The van der Waals surface area contributed by atoms with Gasteiger partial charge < -0.3 is 86.6 Å². The van der Waals surface area contributed by atoms with E-state index in [4.69, 9.17) is 56.4 Å². The van der Waals surface area contributed by atoms with Gasteiger partial charge in [-0.15, -0.1) is 0 Å². The Morgan fingerprint density at radius 1 is 0.473 bits per heavy atom. The minimum absolute atomic E-state index is 0. The Kier molecular flexibility index (Phi) is 61.5. The average Bonchev–Trinajstić information content (AvgIpc) is 1.54. The van der Waals surface area contributed by atoms with Gasteiger partial charge in [-0.25, -0.2) is 19.2 Å². The first-order valence-corrected chi connectivity index (χ1v) is 42.6. The molecule has 1 aliphatic heterocycles. The quantitative estimate of drug-likeness (QED) is 0.00600. The molecule has 4 unspecified atom stereocenters. The van der Waals surface area contributed by atoms with E-state index in [2.05, 4.69) is 27.7 Å². The number of carbonyl (C=O) groups excluding carboxylic acids is 7. The minimum Gasteiger partial charge on any atom is -0.756 e. The second-order valence-corrected chi connectivity index (χ2v) is 30.5. The Hall–Kier alpha value is -4.81. The summed E-state index contributed by atoms with van der Waals surface area (Å²) in [4.78, 5) is 135. The number of hydrogen-bond acceptors (Lipinski definition) is 27. The fraction of sp³-hybridized carbons (Fsp3) is 0.709. The van der Waals surface area contributed by atoms with E-state index in [1.807, 2.05) is 0 Å². The molecule has 0 saturated carbocycles. The third-order valence-electron chi connectivity index (χ3n) is 18.0. The first-order chi connectivity index (χ1) is 52.6. The zero-order valence-corrected chi connectivity index (χ0v) is 73.5. The largest absolute Gasteiger partial charge is 1.00 e. The van der Waals surface area contributed by atoms with Gasteiger partial charge in [-0.05, 0) is 51.2 Å². The molecule has 0 bridgehead atoms. The second-order valence-electron chi connectivity index (χ2n) is 27.6. The van der Waals surface area contributed by atoms with E-state index in [0.717, 1.165) is 109 Å². The number of phosphoric acid groups is 2. The predicted octanol–water partition coefficient (Wildman–Crippen LogP) is 10.2. The van der Waals surface area contributed by atoms with Crippen molar-refractivity contribution in [2.45, 2.75) is 323 Å². The van der Waals surface area contributed by atoms with Crippen LogP contribution < -0.4 is 78.4 Å². The average molecular weight is 1650 g/mol. The number of aryl methyl sites for hydroxylation is 1. The minimum atomic E-state index is -5.20. The summed E-state index contributed by atoms with van der Waals surface area (Å²) in [6.07, 6.45) is 35.5. The van der Waals surface area contributed by atoms with Crippen molar-refractivity contribution in [3.05, 3.63) is 51.6 Å². The molecule has 1 heterocycles. The third kappa shape index (κ3) is 48.7. The number of aliphatic hydroxyl groups is 1. The summed E-state index contributed by atoms with van der Waals surface area (Å²) in [6, 6.07) is 1.13. The van der Waals surface area contributed by atoms with Gasteiger partial charge in [0, 0.05) is 43.4 Å². The molecule has 1 aliphatic rings. The number of fused-ring (bicyclic) bond motifs is 2. The number of phosphoric ester groups is 2. The standard InChI is InChI=1S/C57H110O17P2.C22H16O12.2Na/c1-5-9-13-17-21-25-29-33-37-41-54(59)67-47-52(73-56(61)43-39-35-31-27-23-19-15-11-7-3)49-71-75(63,64)69-45-51(58)46-70-76(65,66)72-50-53(74-57(62)44-40-36-32-28-24-20-16-12-8-4)48-68-55(60)42-38-34-30-26-22-18-14-10-6-2;1-8-5-12(24)10(6-23)19-15(8)22(31)34-20-11(7-32-14(27)4-3-13(25)26)17(28)16(21(29)30)9(2)18(20)33-19;;/h51-53,58H,5-50H2,1-4H3,(H,63,64)(H,65,66);3-6,24,28H,7H2,1-2H3,(H,25,26)(H,29,30);;/q;;2*+1/p-2. The summed E-state index contributed by atoms with van der Waals surface area (Å²) in [5.74, 6) is -10.2. The van der Waals surface area contributed by atoms with Crippen LogP contribution in [0.3, 0.4) is 0 Å². The van der Waals surface area contributed by atoms with Crippen LogP contribution in [0.2, 0.25) is 0 Å². The molecule has 0 aromatic heterocycles. The number of aliphatic hydroxyl groups excluding tert-OH is 1. The number of esters is 6. The molecule has 2 aromatic rings. The van der Waals surface area contributed by atoms with Crippen molar-refractivity contribution >= 4 is 69.7 Å². The maximum atomic E-state index is 12.9. The van der Waals surface area contributed by atoms with Crippen molar-refractivity contribution < 1.29 is 198 Å². The van der Waals surface area contributed by atoms with Crippen LogP contribution in [0, 0.1) is 13.8 Å². The topological polar surface area (TPSA) is 437 Å². The van der Waals surface area contributed by atoms with Crippen LogP contribution in [0.15, 0.2) is 18.2 Å². The number of aromatic hydroxyl groups is 2. The van der Waals surface area contributed by atoms with E-state index in [0.29, 0.717) is 37.8 Å². The molecule has 5 N–H and O–H groups in total. The van der Waals surface area contributed by atoms with Gasteiger partial charge >= 0.3 is 107 Å². The summed E-state index contributed by atoms with van der Waals surface area (Å²) in [6.45, 7) is 6.19. The number of benzene rings is 2. The van der Waals surface area contributed by atoms with Gasteiger partial charge in [0.1, 0.15) is 48.6 Å². The fourth-order valence-electron chi connectivity index (χ4n) is 11.7. The molecular weight excluding hydrogens is 1520 g/mol. The Bertz CT molecular complexity index is 3110. The maximum Gasteiger partial charge on any atom is 1.00 e. The Labute approximate surface area is 705 Å². The number of phenolic OH excluding ortho intramolecular Hbond substituents is 1. The van der Waals surface area contributed by atoms with Gasteiger partial charge in [0.2, 0.25) is 0 Å². The van der Waals surface area contributed by atoms with E-state index in [-0.39, 0.29) is 114 Å². The van der Waals surface area contributed by atoms with Crippen molar-refractivity contribution in [1.29, 1.82) is 0 Å². The summed E-state index contributed by atoms with van der Waals surface area (Å²) < 4.78 is 82.6. The number of phenols is 2. The zero-order valence-electron chi connectivity index (χ0n) is 67.7. The first kappa shape index (κ1) is 107. The van der Waals surface area contributed by atoms with Gasteiger partial charge in [-0.3, -0.25) is 33.1 Å². The third-order valence-corrected chi connectivity index (χ3v) is 19.8. The number of aliphatic carboxylic acids is 1. The van der Waals surface area contributed by atoms with Crippen molar-refractivity contribution in [2.24, 2.45) is 0 Å².